The molecule has 17 heavy (non-hydrogen) atoms. The molecule has 1 atom stereocenters. The Hall–Kier alpha value is -1.36. The lowest BCUT2D eigenvalue weighted by atomic mass is 10.1. The molecule has 0 aliphatic carbocycles. The lowest BCUT2D eigenvalue weighted by molar-refractivity contribution is 0.326. The van der Waals surface area contributed by atoms with E-state index in [0.29, 0.717) is 24.5 Å². The monoisotopic (exact) mass is 236 g/mol. The normalized spacial score (nSPS) is 19.9. The summed E-state index contributed by atoms with van der Waals surface area (Å²) in [6.07, 6.45) is 5.53. The number of hydrogen-bond acceptors (Lipinski definition) is 5. The van der Waals surface area contributed by atoms with Gasteiger partial charge in [-0.05, 0) is 26.3 Å². The summed E-state index contributed by atoms with van der Waals surface area (Å²) < 4.78 is 5.33. The van der Waals surface area contributed by atoms with Crippen molar-refractivity contribution in [2.45, 2.75) is 32.2 Å². The molecule has 0 bridgehead atoms. The van der Waals surface area contributed by atoms with Crippen LogP contribution < -0.4 is 15.4 Å². The molecule has 1 aromatic heterocycles. The quantitative estimate of drug-likeness (QED) is 0.810. The van der Waals surface area contributed by atoms with Gasteiger partial charge >= 0.3 is 0 Å². The van der Waals surface area contributed by atoms with Crippen LogP contribution in [0.3, 0.4) is 0 Å². The maximum absolute atomic E-state index is 5.33. The minimum atomic E-state index is 0.531. The van der Waals surface area contributed by atoms with Crippen LogP contribution in [0.25, 0.3) is 0 Å². The van der Waals surface area contributed by atoms with Crippen LogP contribution >= 0.6 is 0 Å². The van der Waals surface area contributed by atoms with Crippen molar-refractivity contribution < 1.29 is 4.74 Å². The molecule has 1 aliphatic heterocycles. The van der Waals surface area contributed by atoms with Crippen LogP contribution in [-0.2, 0) is 0 Å². The summed E-state index contributed by atoms with van der Waals surface area (Å²) in [5.41, 5.74) is 0. The first-order valence-corrected chi connectivity index (χ1v) is 6.31. The second-order valence-electron chi connectivity index (χ2n) is 4.18. The van der Waals surface area contributed by atoms with E-state index in [1.165, 1.54) is 19.3 Å². The number of anilines is 1. The maximum Gasteiger partial charge on any atom is 0.225 e. The van der Waals surface area contributed by atoms with E-state index in [4.69, 9.17) is 4.74 Å². The van der Waals surface area contributed by atoms with Gasteiger partial charge in [-0.1, -0.05) is 6.42 Å². The van der Waals surface area contributed by atoms with Crippen molar-refractivity contribution in [2.75, 3.05) is 25.0 Å². The lowest BCUT2D eigenvalue weighted by Crippen LogP contribution is -2.39. The average Bonchev–Trinajstić information content (AvgIpc) is 2.39. The Morgan fingerprint density at radius 1 is 1.53 bits per heavy atom. The summed E-state index contributed by atoms with van der Waals surface area (Å²) in [5.74, 6) is 1.27. The molecule has 1 aliphatic rings. The molecule has 1 aromatic rings. The highest BCUT2D eigenvalue weighted by atomic mass is 16.5. The molecule has 5 nitrogen and oxygen atoms in total. The number of aromatic nitrogens is 2. The Balaban J connectivity index is 1.83. The molecule has 0 spiro atoms. The number of rotatable bonds is 5. The van der Waals surface area contributed by atoms with Crippen molar-refractivity contribution in [3.63, 3.8) is 0 Å². The van der Waals surface area contributed by atoms with Crippen LogP contribution in [-0.4, -0.2) is 35.7 Å². The minimum absolute atomic E-state index is 0.531. The van der Waals surface area contributed by atoms with Crippen LogP contribution in [0.4, 0.5) is 5.95 Å². The van der Waals surface area contributed by atoms with Crippen LogP contribution in [0, 0.1) is 0 Å². The van der Waals surface area contributed by atoms with Gasteiger partial charge < -0.3 is 15.4 Å². The molecule has 0 saturated carbocycles. The smallest absolute Gasteiger partial charge is 0.225 e. The van der Waals surface area contributed by atoms with Gasteiger partial charge in [-0.2, -0.15) is 4.98 Å². The van der Waals surface area contributed by atoms with Crippen LogP contribution in [0.2, 0.25) is 0 Å². The van der Waals surface area contributed by atoms with Crippen molar-refractivity contribution in [1.82, 2.24) is 15.3 Å². The van der Waals surface area contributed by atoms with Crippen molar-refractivity contribution in [3.8, 4) is 5.88 Å². The summed E-state index contributed by atoms with van der Waals surface area (Å²) in [7, 11) is 0. The molecule has 2 rings (SSSR count). The third kappa shape index (κ3) is 3.85. The zero-order chi connectivity index (χ0) is 11.9. The van der Waals surface area contributed by atoms with E-state index in [9.17, 15) is 0 Å². The van der Waals surface area contributed by atoms with Gasteiger partial charge in [-0.25, -0.2) is 4.98 Å². The zero-order valence-electron chi connectivity index (χ0n) is 10.3. The Morgan fingerprint density at radius 3 is 3.24 bits per heavy atom. The van der Waals surface area contributed by atoms with Gasteiger partial charge in [0.05, 0.1) is 6.61 Å². The van der Waals surface area contributed by atoms with E-state index in [1.54, 1.807) is 12.3 Å². The van der Waals surface area contributed by atoms with Gasteiger partial charge in [-0.3, -0.25) is 0 Å². The molecule has 1 unspecified atom stereocenters. The number of nitrogens with one attached hydrogen (secondary N) is 2. The standard InChI is InChI=1S/C12H20N4O/c1-2-17-11-6-8-14-12(16-11)15-9-10-5-3-4-7-13-10/h6,8,10,13H,2-5,7,9H2,1H3,(H,14,15,16). The first-order chi connectivity index (χ1) is 8.38. The highest BCUT2D eigenvalue weighted by molar-refractivity contribution is 5.27. The Morgan fingerprint density at radius 2 is 2.47 bits per heavy atom. The highest BCUT2D eigenvalue weighted by Gasteiger charge is 2.12. The molecular formula is C12H20N4O. The summed E-state index contributed by atoms with van der Waals surface area (Å²) in [6.45, 7) is 4.56. The number of piperidine rings is 1. The first kappa shape index (κ1) is 12.1. The lowest BCUT2D eigenvalue weighted by Gasteiger charge is -2.23. The number of nitrogens with zero attached hydrogens (tertiary/aromatic N) is 2. The summed E-state index contributed by atoms with van der Waals surface area (Å²) >= 11 is 0. The van der Waals surface area contributed by atoms with E-state index in [-0.39, 0.29) is 0 Å². The minimum Gasteiger partial charge on any atom is -0.478 e. The van der Waals surface area contributed by atoms with E-state index >= 15 is 0 Å². The molecule has 0 radical (unpaired) electrons. The van der Waals surface area contributed by atoms with E-state index < -0.39 is 0 Å². The van der Waals surface area contributed by atoms with Crippen molar-refractivity contribution in [1.29, 1.82) is 0 Å². The van der Waals surface area contributed by atoms with Gasteiger partial charge in [0, 0.05) is 24.8 Å². The third-order valence-electron chi connectivity index (χ3n) is 2.84. The van der Waals surface area contributed by atoms with Crippen molar-refractivity contribution in [2.24, 2.45) is 0 Å². The summed E-state index contributed by atoms with van der Waals surface area (Å²) in [6, 6.07) is 2.30. The second kappa shape index (κ2) is 6.39. The van der Waals surface area contributed by atoms with Gasteiger partial charge in [0.1, 0.15) is 0 Å². The molecule has 2 heterocycles. The van der Waals surface area contributed by atoms with Crippen LogP contribution in [0.5, 0.6) is 5.88 Å². The van der Waals surface area contributed by atoms with E-state index in [0.717, 1.165) is 13.1 Å². The molecule has 0 amide bonds. The van der Waals surface area contributed by atoms with Gasteiger partial charge in [0.25, 0.3) is 0 Å². The van der Waals surface area contributed by atoms with Crippen LogP contribution in [0.1, 0.15) is 26.2 Å². The predicted molar refractivity (Wildman–Crippen MR) is 67.3 cm³/mol. The first-order valence-electron chi connectivity index (χ1n) is 6.31. The maximum atomic E-state index is 5.33. The molecular weight excluding hydrogens is 216 g/mol. The molecule has 2 N–H and O–H groups in total. The van der Waals surface area contributed by atoms with Crippen molar-refractivity contribution in [3.05, 3.63) is 12.3 Å². The fourth-order valence-corrected chi connectivity index (χ4v) is 1.97. The summed E-state index contributed by atoms with van der Waals surface area (Å²) in [4.78, 5) is 8.45. The van der Waals surface area contributed by atoms with Crippen molar-refractivity contribution >= 4 is 5.95 Å². The van der Waals surface area contributed by atoms with E-state index in [2.05, 4.69) is 20.6 Å². The Labute approximate surface area is 102 Å². The zero-order valence-corrected chi connectivity index (χ0v) is 10.3. The molecule has 94 valence electrons. The predicted octanol–water partition coefficient (Wildman–Crippen LogP) is 1.43. The second-order valence-corrected chi connectivity index (χ2v) is 4.18. The van der Waals surface area contributed by atoms with Gasteiger partial charge in [-0.15, -0.1) is 0 Å². The number of ether oxygens (including phenoxy) is 1. The Kier molecular flexibility index (Phi) is 4.55. The molecule has 0 aromatic carbocycles. The molecule has 1 saturated heterocycles. The summed E-state index contributed by atoms with van der Waals surface area (Å²) in [5, 5.41) is 6.73. The van der Waals surface area contributed by atoms with Crippen LogP contribution in [0.15, 0.2) is 12.3 Å². The van der Waals surface area contributed by atoms with Gasteiger partial charge in [0.15, 0.2) is 0 Å². The SMILES string of the molecule is CCOc1ccnc(NCC2CCCCN2)n1. The van der Waals surface area contributed by atoms with E-state index in [1.807, 2.05) is 6.92 Å². The third-order valence-corrected chi connectivity index (χ3v) is 2.84. The molecule has 5 heteroatoms. The molecule has 1 fully saturated rings. The van der Waals surface area contributed by atoms with Gasteiger partial charge in [0.2, 0.25) is 11.8 Å². The fraction of sp³-hybridized carbons (Fsp3) is 0.667. The largest absolute Gasteiger partial charge is 0.478 e. The fourth-order valence-electron chi connectivity index (χ4n) is 1.97. The number of hydrogen-bond donors (Lipinski definition) is 2. The topological polar surface area (TPSA) is 59.1 Å². The highest BCUT2D eigenvalue weighted by Crippen LogP contribution is 2.10. The Bertz CT molecular complexity index is 339. The average molecular weight is 236 g/mol.